The van der Waals surface area contributed by atoms with Crippen molar-refractivity contribution in [1.29, 1.82) is 0 Å². The number of carboxylic acid groups (broad SMARTS) is 1. The monoisotopic (exact) mass is 450 g/mol. The first kappa shape index (κ1) is 22.5. The van der Waals surface area contributed by atoms with E-state index in [-0.39, 0.29) is 11.3 Å². The number of rotatable bonds is 6. The minimum absolute atomic E-state index is 0.0824. The van der Waals surface area contributed by atoms with Crippen LogP contribution in [0.5, 0.6) is 5.75 Å². The van der Waals surface area contributed by atoms with Gasteiger partial charge in [-0.25, -0.2) is 9.18 Å². The third-order valence-electron chi connectivity index (χ3n) is 5.15. The number of fused-ring (bicyclic) bond motifs is 1. The molecule has 0 aliphatic rings. The van der Waals surface area contributed by atoms with E-state index in [2.05, 4.69) is 5.32 Å². The van der Waals surface area contributed by atoms with E-state index in [0.29, 0.717) is 33.3 Å². The molecule has 0 aliphatic heterocycles. The molecule has 1 atom stereocenters. The van der Waals surface area contributed by atoms with Gasteiger partial charge in [0.05, 0.1) is 29.8 Å². The molecular weight excluding hydrogens is 431 g/mol. The van der Waals surface area contributed by atoms with Crippen LogP contribution in [0.2, 0.25) is 5.02 Å². The van der Waals surface area contributed by atoms with E-state index in [1.54, 1.807) is 20.0 Å². The quantitative estimate of drug-likeness (QED) is 0.428. The Labute approximate surface area is 181 Å². The standard InChI is InChI=1S/C21H20ClFN2O6/c1-10-17(31-3)8-15-12(18(10)22)7-16(25(15)2)19(27)24-21(30,9-26)13-5-4-11(20(28)29)6-14(13)23/h4-8,26,30H,9H2,1-3H3,(H,24,27)(H,28,29)/t21-/m1/s1. The van der Waals surface area contributed by atoms with E-state index in [9.17, 15) is 24.2 Å². The number of methoxy groups -OCH3 is 1. The molecule has 0 fully saturated rings. The Morgan fingerprint density at radius 3 is 2.52 bits per heavy atom. The lowest BCUT2D eigenvalue weighted by Crippen LogP contribution is -2.49. The van der Waals surface area contributed by atoms with E-state index in [1.807, 2.05) is 0 Å². The average Bonchev–Trinajstić information content (AvgIpc) is 3.06. The number of hydrogen-bond donors (Lipinski definition) is 4. The molecule has 3 aromatic rings. The number of aryl methyl sites for hydroxylation is 1. The second-order valence-electron chi connectivity index (χ2n) is 7.01. The lowest BCUT2D eigenvalue weighted by atomic mass is 10.0. The van der Waals surface area contributed by atoms with Crippen LogP contribution in [0, 0.1) is 12.7 Å². The molecule has 0 spiro atoms. The molecular formula is C21H20ClFN2O6. The molecule has 0 radical (unpaired) electrons. The molecule has 164 valence electrons. The maximum absolute atomic E-state index is 14.5. The SMILES string of the molecule is COc1cc2c(cc(C(=O)N[C@@](O)(CO)c3ccc(C(=O)O)cc3F)n2C)c(Cl)c1C. The number of aliphatic hydroxyl groups is 2. The molecule has 31 heavy (non-hydrogen) atoms. The predicted octanol–water partition coefficient (Wildman–Crippen LogP) is 2.55. The highest BCUT2D eigenvalue weighted by Crippen LogP contribution is 2.35. The maximum Gasteiger partial charge on any atom is 0.335 e. The smallest absolute Gasteiger partial charge is 0.335 e. The molecule has 0 aliphatic carbocycles. The van der Waals surface area contributed by atoms with Crippen molar-refractivity contribution in [3.8, 4) is 5.75 Å². The van der Waals surface area contributed by atoms with Gasteiger partial charge in [-0.15, -0.1) is 0 Å². The van der Waals surface area contributed by atoms with Crippen LogP contribution in [-0.2, 0) is 12.8 Å². The average molecular weight is 451 g/mol. The normalized spacial score (nSPS) is 13.1. The highest BCUT2D eigenvalue weighted by atomic mass is 35.5. The van der Waals surface area contributed by atoms with Crippen molar-refractivity contribution < 1.29 is 34.0 Å². The van der Waals surface area contributed by atoms with Gasteiger partial charge in [0.2, 0.25) is 0 Å². The molecule has 10 heteroatoms. The second-order valence-corrected chi connectivity index (χ2v) is 7.39. The number of benzene rings is 2. The van der Waals surface area contributed by atoms with Crippen molar-refractivity contribution >= 4 is 34.4 Å². The summed E-state index contributed by atoms with van der Waals surface area (Å²) in [5.74, 6) is -2.75. The summed E-state index contributed by atoms with van der Waals surface area (Å²) in [7, 11) is 3.09. The van der Waals surface area contributed by atoms with Gasteiger partial charge >= 0.3 is 5.97 Å². The van der Waals surface area contributed by atoms with Crippen molar-refractivity contribution in [3.05, 3.63) is 63.6 Å². The first-order valence-corrected chi connectivity index (χ1v) is 9.43. The number of ether oxygens (including phenoxy) is 1. The Hall–Kier alpha value is -3.14. The molecule has 0 unspecified atom stereocenters. The van der Waals surface area contributed by atoms with Crippen LogP contribution in [0.3, 0.4) is 0 Å². The fourth-order valence-electron chi connectivity index (χ4n) is 3.37. The number of aromatic nitrogens is 1. The molecule has 1 aromatic heterocycles. The van der Waals surface area contributed by atoms with Crippen LogP contribution in [-0.4, -0.2) is 45.5 Å². The van der Waals surface area contributed by atoms with Crippen molar-refractivity contribution in [3.63, 3.8) is 0 Å². The van der Waals surface area contributed by atoms with Gasteiger partial charge < -0.3 is 29.9 Å². The van der Waals surface area contributed by atoms with Crippen LogP contribution >= 0.6 is 11.6 Å². The van der Waals surface area contributed by atoms with Crippen LogP contribution in [0.4, 0.5) is 4.39 Å². The van der Waals surface area contributed by atoms with Crippen LogP contribution in [0.1, 0.15) is 32.0 Å². The Morgan fingerprint density at radius 1 is 1.29 bits per heavy atom. The number of amides is 1. The molecule has 0 saturated carbocycles. The van der Waals surface area contributed by atoms with E-state index in [0.717, 1.165) is 12.1 Å². The van der Waals surface area contributed by atoms with Gasteiger partial charge in [0.1, 0.15) is 17.3 Å². The number of hydrogen-bond acceptors (Lipinski definition) is 5. The first-order valence-electron chi connectivity index (χ1n) is 9.05. The number of nitrogens with one attached hydrogen (secondary N) is 1. The summed E-state index contributed by atoms with van der Waals surface area (Å²) in [6.45, 7) is 0.709. The fourth-order valence-corrected chi connectivity index (χ4v) is 3.61. The predicted molar refractivity (Wildman–Crippen MR) is 111 cm³/mol. The fraction of sp³-hybridized carbons (Fsp3) is 0.238. The first-order chi connectivity index (χ1) is 14.5. The van der Waals surface area contributed by atoms with Gasteiger partial charge in [-0.1, -0.05) is 17.7 Å². The summed E-state index contributed by atoms with van der Waals surface area (Å²) in [5, 5.41) is 32.6. The Morgan fingerprint density at radius 2 is 1.97 bits per heavy atom. The molecule has 1 amide bonds. The van der Waals surface area contributed by atoms with Gasteiger partial charge in [0.15, 0.2) is 5.72 Å². The topological polar surface area (TPSA) is 121 Å². The Balaban J connectivity index is 2.03. The summed E-state index contributed by atoms with van der Waals surface area (Å²) in [4.78, 5) is 23.9. The minimum Gasteiger partial charge on any atom is -0.496 e. The zero-order valence-electron chi connectivity index (χ0n) is 16.9. The number of aromatic carboxylic acids is 1. The van der Waals surface area contributed by atoms with Crippen molar-refractivity contribution in [1.82, 2.24) is 9.88 Å². The maximum atomic E-state index is 14.5. The number of carboxylic acids is 1. The largest absolute Gasteiger partial charge is 0.496 e. The third-order valence-corrected chi connectivity index (χ3v) is 5.63. The number of nitrogens with zero attached hydrogens (tertiary/aromatic N) is 1. The van der Waals surface area contributed by atoms with Crippen LogP contribution in [0.25, 0.3) is 10.9 Å². The molecule has 4 N–H and O–H groups in total. The number of halogens is 2. The molecule has 2 aromatic carbocycles. The number of carbonyl (C=O) groups excluding carboxylic acids is 1. The molecule has 0 bridgehead atoms. The van der Waals surface area contributed by atoms with E-state index < -0.39 is 35.6 Å². The van der Waals surface area contributed by atoms with Gasteiger partial charge in [-0.3, -0.25) is 4.79 Å². The van der Waals surface area contributed by atoms with E-state index >= 15 is 0 Å². The number of aliphatic hydroxyl groups excluding tert-OH is 1. The number of carbonyl (C=O) groups is 2. The molecule has 8 nitrogen and oxygen atoms in total. The molecule has 0 saturated heterocycles. The van der Waals surface area contributed by atoms with E-state index in [4.69, 9.17) is 21.4 Å². The Kier molecular flexibility index (Phi) is 5.95. The minimum atomic E-state index is -2.49. The third kappa shape index (κ3) is 3.83. The molecule has 3 rings (SSSR count). The van der Waals surface area contributed by atoms with Gasteiger partial charge in [-0.05, 0) is 25.1 Å². The summed E-state index contributed by atoms with van der Waals surface area (Å²) in [6, 6.07) is 5.94. The second kappa shape index (κ2) is 8.18. The lowest BCUT2D eigenvalue weighted by Gasteiger charge is -2.28. The summed E-state index contributed by atoms with van der Waals surface area (Å²) < 4.78 is 21.3. The highest BCUT2D eigenvalue weighted by molar-refractivity contribution is 6.36. The lowest BCUT2D eigenvalue weighted by molar-refractivity contribution is -0.0444. The zero-order valence-corrected chi connectivity index (χ0v) is 17.6. The van der Waals surface area contributed by atoms with Gasteiger partial charge in [0, 0.05) is 29.6 Å². The van der Waals surface area contributed by atoms with Crippen LogP contribution in [0.15, 0.2) is 30.3 Å². The Bertz CT molecular complexity index is 1210. The van der Waals surface area contributed by atoms with Crippen LogP contribution < -0.4 is 10.1 Å². The summed E-state index contributed by atoms with van der Waals surface area (Å²) in [6.07, 6.45) is 0. The summed E-state index contributed by atoms with van der Waals surface area (Å²) >= 11 is 6.41. The van der Waals surface area contributed by atoms with Crippen molar-refractivity contribution in [2.24, 2.45) is 7.05 Å². The van der Waals surface area contributed by atoms with Crippen molar-refractivity contribution in [2.75, 3.05) is 13.7 Å². The zero-order chi connectivity index (χ0) is 23.1. The van der Waals surface area contributed by atoms with Gasteiger partial charge in [0.25, 0.3) is 5.91 Å². The summed E-state index contributed by atoms with van der Waals surface area (Å²) in [5.41, 5.74) is -1.97. The molecule has 1 heterocycles. The van der Waals surface area contributed by atoms with Crippen molar-refractivity contribution in [2.45, 2.75) is 12.6 Å². The highest BCUT2D eigenvalue weighted by Gasteiger charge is 2.35. The van der Waals surface area contributed by atoms with E-state index in [1.165, 1.54) is 17.7 Å². The van der Waals surface area contributed by atoms with Gasteiger partial charge in [-0.2, -0.15) is 0 Å².